The molecule has 12 heteroatoms. The summed E-state index contributed by atoms with van der Waals surface area (Å²) in [5, 5.41) is 2.48. The monoisotopic (exact) mass is 561 g/mol. The zero-order chi connectivity index (χ0) is 25.2. The van der Waals surface area contributed by atoms with E-state index >= 15 is 4.39 Å². The maximum Gasteiger partial charge on any atom is 0.258 e. The minimum Gasteiger partial charge on any atom is -0.497 e. The smallest absolute Gasteiger partial charge is 0.258 e. The molecule has 0 aliphatic heterocycles. The van der Waals surface area contributed by atoms with E-state index in [0.717, 1.165) is 43.5 Å². The number of aromatic nitrogens is 1. The molecule has 1 saturated carbocycles. The molecule has 0 bridgehead atoms. The molecular weight excluding hydrogens is 537 g/mol. The van der Waals surface area contributed by atoms with Crippen LogP contribution >= 0.6 is 24.8 Å². The number of methoxy groups -OCH3 is 1. The molecule has 0 radical (unpaired) electrons. The van der Waals surface area contributed by atoms with Crippen molar-refractivity contribution in [3.63, 3.8) is 0 Å². The number of pyridine rings is 1. The number of hydrogen-bond donors (Lipinski definition) is 2. The largest absolute Gasteiger partial charge is 0.497 e. The second-order valence-corrected chi connectivity index (χ2v) is 8.42. The lowest BCUT2D eigenvalue weighted by Crippen LogP contribution is -2.42. The lowest BCUT2D eigenvalue weighted by atomic mass is 9.69. The third-order valence-corrected chi connectivity index (χ3v) is 6.25. The molecule has 1 amide bonds. The Morgan fingerprint density at radius 1 is 1.05 bits per heavy atom. The summed E-state index contributed by atoms with van der Waals surface area (Å²) in [6.07, 6.45) is 5.69. The molecule has 1 aliphatic carbocycles. The van der Waals surface area contributed by atoms with Crippen LogP contribution in [0, 0.1) is 28.7 Å². The average molecular weight is 562 g/mol. The molecule has 0 unspecified atom stereocenters. The first-order valence-corrected chi connectivity index (χ1v) is 10.9. The molecule has 3 N–H and O–H groups in total. The van der Waals surface area contributed by atoms with Gasteiger partial charge < -0.3 is 20.5 Å². The number of nitrogens with zero attached hydrogens (tertiary/aromatic N) is 1. The molecule has 0 atom stereocenters. The van der Waals surface area contributed by atoms with E-state index in [1.807, 2.05) is 0 Å². The Kier molecular flexibility index (Phi) is 10.1. The third-order valence-electron chi connectivity index (χ3n) is 6.25. The molecule has 0 saturated heterocycles. The van der Waals surface area contributed by atoms with E-state index in [4.69, 9.17) is 15.2 Å². The number of carbonyl (C=O) groups is 1. The Balaban J connectivity index is 0.00000241. The zero-order valence-electron chi connectivity index (χ0n) is 19.7. The van der Waals surface area contributed by atoms with Gasteiger partial charge in [0.05, 0.1) is 36.6 Å². The minimum absolute atomic E-state index is 0. The molecule has 6 nitrogen and oxygen atoms in total. The normalized spacial score (nSPS) is 13.5. The first kappa shape index (κ1) is 30.1. The van der Waals surface area contributed by atoms with Gasteiger partial charge in [-0.3, -0.25) is 9.78 Å². The predicted molar refractivity (Wildman–Crippen MR) is 136 cm³/mol. The van der Waals surface area contributed by atoms with Crippen LogP contribution in [-0.2, 0) is 0 Å². The van der Waals surface area contributed by atoms with E-state index in [0.29, 0.717) is 18.9 Å². The standard InChI is InChI=1S/C25H23F4N3O3.2ClH/c1-34-14-9-17(27)21(18(28)10-14)22-16(26)4-3-15(23(22)29)24(33)32-19-11-31-8-5-20(19)35-13-25(12-30)6-2-7-25;;/h3-5,8-11H,2,6-7,12-13,30H2,1H3,(H,32,33);2*1H. The number of ether oxygens (including phenoxy) is 2. The van der Waals surface area contributed by atoms with Gasteiger partial charge in [-0.25, -0.2) is 17.6 Å². The van der Waals surface area contributed by atoms with E-state index in [1.54, 1.807) is 0 Å². The van der Waals surface area contributed by atoms with Crippen LogP contribution in [0.1, 0.15) is 29.6 Å². The lowest BCUT2D eigenvalue weighted by molar-refractivity contribution is 0.0670. The van der Waals surface area contributed by atoms with Crippen LogP contribution in [0.3, 0.4) is 0 Å². The van der Waals surface area contributed by atoms with Gasteiger partial charge in [-0.1, -0.05) is 6.42 Å². The second kappa shape index (κ2) is 12.4. The highest BCUT2D eigenvalue weighted by atomic mass is 35.5. The summed E-state index contributed by atoms with van der Waals surface area (Å²) < 4.78 is 69.5. The summed E-state index contributed by atoms with van der Waals surface area (Å²) in [5.41, 5.74) is 3.30. The zero-order valence-corrected chi connectivity index (χ0v) is 21.3. The van der Waals surface area contributed by atoms with Crippen LogP contribution in [0.2, 0.25) is 0 Å². The van der Waals surface area contributed by atoms with Gasteiger partial charge in [0, 0.05) is 36.4 Å². The minimum atomic E-state index is -1.42. The van der Waals surface area contributed by atoms with Crippen LogP contribution in [0.5, 0.6) is 11.5 Å². The van der Waals surface area contributed by atoms with Gasteiger partial charge in [-0.15, -0.1) is 24.8 Å². The summed E-state index contributed by atoms with van der Waals surface area (Å²) >= 11 is 0. The summed E-state index contributed by atoms with van der Waals surface area (Å²) in [6, 6.07) is 4.77. The number of hydrogen-bond acceptors (Lipinski definition) is 5. The third kappa shape index (κ3) is 6.08. The van der Waals surface area contributed by atoms with Crippen molar-refractivity contribution in [2.24, 2.45) is 11.1 Å². The summed E-state index contributed by atoms with van der Waals surface area (Å²) in [5.74, 6) is -6.00. The van der Waals surface area contributed by atoms with E-state index in [1.165, 1.54) is 25.6 Å². The maximum atomic E-state index is 15.3. The second-order valence-electron chi connectivity index (χ2n) is 8.42. The highest BCUT2D eigenvalue weighted by molar-refractivity contribution is 6.06. The molecule has 1 heterocycles. The molecule has 1 aromatic heterocycles. The van der Waals surface area contributed by atoms with Gasteiger partial charge in [0.25, 0.3) is 5.91 Å². The molecule has 1 fully saturated rings. The average Bonchev–Trinajstić information content (AvgIpc) is 2.81. The number of halogens is 6. The van der Waals surface area contributed by atoms with E-state index in [2.05, 4.69) is 10.3 Å². The Morgan fingerprint density at radius 3 is 2.30 bits per heavy atom. The van der Waals surface area contributed by atoms with Crippen LogP contribution in [0.25, 0.3) is 11.1 Å². The van der Waals surface area contributed by atoms with Crippen LogP contribution in [0.15, 0.2) is 42.7 Å². The highest BCUT2D eigenvalue weighted by Gasteiger charge is 2.36. The topological polar surface area (TPSA) is 86.5 Å². The Morgan fingerprint density at radius 2 is 1.73 bits per heavy atom. The number of carbonyl (C=O) groups excluding carboxylic acids is 1. The van der Waals surface area contributed by atoms with E-state index in [-0.39, 0.29) is 41.7 Å². The van der Waals surface area contributed by atoms with Gasteiger partial charge >= 0.3 is 0 Å². The van der Waals surface area contributed by atoms with Crippen LogP contribution < -0.4 is 20.5 Å². The Hall–Kier alpha value is -3.08. The number of amides is 1. The van der Waals surface area contributed by atoms with Crippen LogP contribution in [-0.4, -0.2) is 31.2 Å². The summed E-state index contributed by atoms with van der Waals surface area (Å²) in [6.45, 7) is 0.795. The van der Waals surface area contributed by atoms with E-state index in [9.17, 15) is 18.0 Å². The molecule has 3 aromatic rings. The van der Waals surface area contributed by atoms with Crippen molar-refractivity contribution in [1.29, 1.82) is 0 Å². The van der Waals surface area contributed by atoms with Gasteiger partial charge in [0.15, 0.2) is 0 Å². The van der Waals surface area contributed by atoms with Gasteiger partial charge in [0.2, 0.25) is 0 Å². The Bertz CT molecular complexity index is 1250. The highest BCUT2D eigenvalue weighted by Crippen LogP contribution is 2.41. The fourth-order valence-corrected chi connectivity index (χ4v) is 3.97. The maximum absolute atomic E-state index is 15.3. The molecule has 1 aliphatic rings. The van der Waals surface area contributed by atoms with Crippen molar-refractivity contribution in [2.75, 3.05) is 25.6 Å². The van der Waals surface area contributed by atoms with Crippen molar-refractivity contribution in [3.05, 3.63) is 71.6 Å². The fourth-order valence-electron chi connectivity index (χ4n) is 3.97. The molecular formula is C25H25Cl2F4N3O3. The van der Waals surface area contributed by atoms with Crippen molar-refractivity contribution in [3.8, 4) is 22.6 Å². The first-order valence-electron chi connectivity index (χ1n) is 10.9. The molecule has 2 aromatic carbocycles. The van der Waals surface area contributed by atoms with Gasteiger partial charge in [0.1, 0.15) is 40.5 Å². The molecule has 200 valence electrons. The molecule has 4 rings (SSSR count). The number of anilines is 1. The quantitative estimate of drug-likeness (QED) is 0.333. The molecule has 0 spiro atoms. The van der Waals surface area contributed by atoms with Crippen molar-refractivity contribution >= 4 is 36.4 Å². The van der Waals surface area contributed by atoms with Crippen molar-refractivity contribution < 1.29 is 31.8 Å². The van der Waals surface area contributed by atoms with E-state index < -0.39 is 45.9 Å². The predicted octanol–water partition coefficient (Wildman–Crippen LogP) is 5.92. The number of nitrogens with one attached hydrogen (secondary N) is 1. The molecule has 37 heavy (non-hydrogen) atoms. The number of rotatable bonds is 8. The lowest BCUT2D eigenvalue weighted by Gasteiger charge is -2.40. The first-order chi connectivity index (χ1) is 16.8. The van der Waals surface area contributed by atoms with Crippen LogP contribution in [0.4, 0.5) is 23.2 Å². The van der Waals surface area contributed by atoms with Gasteiger partial charge in [-0.05, 0) is 25.0 Å². The Labute approximate surface area is 223 Å². The summed E-state index contributed by atoms with van der Waals surface area (Å²) in [7, 11) is 1.19. The fraction of sp³-hybridized carbons (Fsp3) is 0.280. The number of benzene rings is 2. The van der Waals surface area contributed by atoms with Gasteiger partial charge in [-0.2, -0.15) is 0 Å². The SMILES string of the molecule is COc1cc(F)c(-c2c(F)ccc(C(=O)Nc3cnccc3OCC3(CN)CCC3)c2F)c(F)c1.Cl.Cl. The van der Waals surface area contributed by atoms with Crippen molar-refractivity contribution in [2.45, 2.75) is 19.3 Å². The van der Waals surface area contributed by atoms with Crippen molar-refractivity contribution in [1.82, 2.24) is 4.98 Å². The summed E-state index contributed by atoms with van der Waals surface area (Å²) in [4.78, 5) is 16.8. The number of nitrogens with two attached hydrogens (primary N) is 1.